The van der Waals surface area contributed by atoms with Gasteiger partial charge in [-0.05, 0) is 40.0 Å². The van der Waals surface area contributed by atoms with Gasteiger partial charge < -0.3 is 10.1 Å². The summed E-state index contributed by atoms with van der Waals surface area (Å²) in [7, 11) is 0. The Morgan fingerprint density at radius 3 is 2.50 bits per heavy atom. The predicted octanol–water partition coefficient (Wildman–Crippen LogP) is 2.40. The van der Waals surface area contributed by atoms with Gasteiger partial charge in [0, 0.05) is 0 Å². The van der Waals surface area contributed by atoms with Crippen LogP contribution < -0.4 is 5.32 Å². The minimum Gasteiger partial charge on any atom is -0.444 e. The number of nitrogens with one attached hydrogen (secondary N) is 1. The van der Waals surface area contributed by atoms with Crippen LogP contribution in [-0.2, 0) is 4.74 Å². The van der Waals surface area contributed by atoms with E-state index in [9.17, 15) is 9.18 Å². The van der Waals surface area contributed by atoms with E-state index in [1.807, 2.05) is 0 Å². The summed E-state index contributed by atoms with van der Waals surface area (Å²) in [5, 5.41) is 2.55. The first kappa shape index (κ1) is 11.3. The molecule has 0 spiro atoms. The second-order valence-corrected chi connectivity index (χ2v) is 4.70. The maximum atomic E-state index is 13.1. The van der Waals surface area contributed by atoms with Crippen LogP contribution >= 0.6 is 0 Å². The van der Waals surface area contributed by atoms with Crippen molar-refractivity contribution in [1.82, 2.24) is 5.32 Å². The van der Waals surface area contributed by atoms with Crippen LogP contribution in [0.15, 0.2) is 0 Å². The van der Waals surface area contributed by atoms with Crippen LogP contribution in [0.1, 0.15) is 40.0 Å². The van der Waals surface area contributed by atoms with E-state index in [-0.39, 0.29) is 6.04 Å². The minimum absolute atomic E-state index is 0.357. The normalized spacial score (nSPS) is 27.4. The third kappa shape index (κ3) is 3.52. The van der Waals surface area contributed by atoms with Crippen molar-refractivity contribution < 1.29 is 13.9 Å². The maximum Gasteiger partial charge on any atom is 0.407 e. The third-order valence-electron chi connectivity index (χ3n) is 2.13. The number of hydrogen-bond acceptors (Lipinski definition) is 2. The van der Waals surface area contributed by atoms with Crippen LogP contribution in [0.25, 0.3) is 0 Å². The Balaban J connectivity index is 2.33. The molecule has 1 aliphatic carbocycles. The van der Waals surface area contributed by atoms with Gasteiger partial charge in [-0.2, -0.15) is 0 Å². The number of hydrogen-bond donors (Lipinski definition) is 1. The molecule has 3 nitrogen and oxygen atoms in total. The summed E-state index contributed by atoms with van der Waals surface area (Å²) in [6.07, 6.45) is 0.650. The first-order valence-corrected chi connectivity index (χ1v) is 5.02. The molecule has 0 heterocycles. The number of rotatable bonds is 1. The Bertz CT molecular complexity index is 213. The van der Waals surface area contributed by atoms with Crippen molar-refractivity contribution in [3.63, 3.8) is 0 Å². The molecular formula is C10H18FNO2. The van der Waals surface area contributed by atoms with Crippen molar-refractivity contribution in [2.24, 2.45) is 0 Å². The number of halogens is 1. The molecule has 4 heteroatoms. The number of alkyl halides is 1. The van der Waals surface area contributed by atoms with Gasteiger partial charge in [0.15, 0.2) is 0 Å². The monoisotopic (exact) mass is 203 g/mol. The fourth-order valence-corrected chi connectivity index (χ4v) is 1.54. The fourth-order valence-electron chi connectivity index (χ4n) is 1.54. The van der Waals surface area contributed by atoms with Crippen molar-refractivity contribution in [1.29, 1.82) is 0 Å². The van der Waals surface area contributed by atoms with Gasteiger partial charge >= 0.3 is 6.09 Å². The molecule has 0 aromatic carbocycles. The Morgan fingerprint density at radius 2 is 2.07 bits per heavy atom. The van der Waals surface area contributed by atoms with Crippen molar-refractivity contribution in [2.45, 2.75) is 57.8 Å². The minimum atomic E-state index is -0.914. The maximum absolute atomic E-state index is 13.1. The Kier molecular flexibility index (Phi) is 3.34. The van der Waals surface area contributed by atoms with E-state index in [1.165, 1.54) is 0 Å². The van der Waals surface area contributed by atoms with Gasteiger partial charge in [-0.15, -0.1) is 0 Å². The van der Waals surface area contributed by atoms with E-state index in [1.54, 1.807) is 20.8 Å². The number of ether oxygens (including phenoxy) is 1. The topological polar surface area (TPSA) is 38.3 Å². The highest BCUT2D eigenvalue weighted by atomic mass is 19.1. The smallest absolute Gasteiger partial charge is 0.407 e. The summed E-state index contributed by atoms with van der Waals surface area (Å²) in [6.45, 7) is 5.36. The molecule has 1 saturated carbocycles. The molecule has 0 aliphatic heterocycles. The lowest BCUT2D eigenvalue weighted by Crippen LogP contribution is -2.41. The molecule has 1 N–H and O–H groups in total. The van der Waals surface area contributed by atoms with Gasteiger partial charge in [0.2, 0.25) is 0 Å². The lowest BCUT2D eigenvalue weighted by molar-refractivity contribution is 0.0484. The van der Waals surface area contributed by atoms with Crippen molar-refractivity contribution in [3.05, 3.63) is 0 Å². The zero-order chi connectivity index (χ0) is 10.8. The van der Waals surface area contributed by atoms with Crippen molar-refractivity contribution in [2.75, 3.05) is 0 Å². The van der Waals surface area contributed by atoms with Crippen LogP contribution in [0.2, 0.25) is 0 Å². The number of amides is 1. The van der Waals surface area contributed by atoms with Crippen LogP contribution in [0, 0.1) is 0 Å². The van der Waals surface area contributed by atoms with Gasteiger partial charge in [0.05, 0.1) is 6.04 Å². The average Bonchev–Trinajstić information content (AvgIpc) is 2.32. The summed E-state index contributed by atoms with van der Waals surface area (Å²) in [5.41, 5.74) is -0.519. The van der Waals surface area contributed by atoms with E-state index in [0.29, 0.717) is 12.8 Å². The van der Waals surface area contributed by atoms with Crippen LogP contribution in [0.3, 0.4) is 0 Å². The molecule has 0 aromatic rings. The van der Waals surface area contributed by atoms with Gasteiger partial charge in [-0.3, -0.25) is 0 Å². The predicted molar refractivity (Wildman–Crippen MR) is 51.9 cm³/mol. The molecule has 0 aromatic heterocycles. The molecule has 0 radical (unpaired) electrons. The molecule has 2 unspecified atom stereocenters. The molecule has 1 amide bonds. The Labute approximate surface area is 84.0 Å². The van der Waals surface area contributed by atoms with Crippen molar-refractivity contribution in [3.8, 4) is 0 Å². The summed E-state index contributed by atoms with van der Waals surface area (Å²) in [4.78, 5) is 11.3. The van der Waals surface area contributed by atoms with E-state index in [4.69, 9.17) is 4.74 Å². The van der Waals surface area contributed by atoms with Crippen molar-refractivity contribution >= 4 is 6.09 Å². The number of carbonyl (C=O) groups is 1. The summed E-state index contributed by atoms with van der Waals surface area (Å²) in [6, 6.07) is -0.357. The second kappa shape index (κ2) is 4.15. The largest absolute Gasteiger partial charge is 0.444 e. The molecule has 1 fully saturated rings. The average molecular weight is 203 g/mol. The lowest BCUT2D eigenvalue weighted by Gasteiger charge is -2.22. The molecule has 0 saturated heterocycles. The molecule has 1 aliphatic rings. The summed E-state index contributed by atoms with van der Waals surface area (Å²) in [5.74, 6) is 0. The second-order valence-electron chi connectivity index (χ2n) is 4.70. The SMILES string of the molecule is CC(C)(C)OC(=O)NC1CCCC1F. The molecule has 82 valence electrons. The molecule has 2 atom stereocenters. The van der Waals surface area contributed by atoms with Gasteiger partial charge in [-0.25, -0.2) is 9.18 Å². The van der Waals surface area contributed by atoms with Gasteiger partial charge in [0.1, 0.15) is 11.8 Å². The number of carbonyl (C=O) groups excluding carboxylic acids is 1. The summed E-state index contributed by atoms with van der Waals surface area (Å²) >= 11 is 0. The number of alkyl carbamates (subject to hydrolysis) is 1. The standard InChI is InChI=1S/C10H18FNO2/c1-10(2,3)14-9(13)12-8-6-4-5-7(8)11/h7-8H,4-6H2,1-3H3,(H,12,13). The summed E-state index contributed by atoms with van der Waals surface area (Å²) < 4.78 is 18.1. The molecule has 1 rings (SSSR count). The Morgan fingerprint density at radius 1 is 1.43 bits per heavy atom. The highest BCUT2D eigenvalue weighted by Crippen LogP contribution is 2.22. The zero-order valence-electron chi connectivity index (χ0n) is 8.97. The highest BCUT2D eigenvalue weighted by molar-refractivity contribution is 5.68. The Hall–Kier alpha value is -0.800. The molecule has 0 bridgehead atoms. The highest BCUT2D eigenvalue weighted by Gasteiger charge is 2.29. The van der Waals surface area contributed by atoms with E-state index < -0.39 is 17.9 Å². The van der Waals surface area contributed by atoms with Gasteiger partial charge in [0.25, 0.3) is 0 Å². The lowest BCUT2D eigenvalue weighted by atomic mass is 10.2. The van der Waals surface area contributed by atoms with E-state index in [2.05, 4.69) is 5.32 Å². The first-order chi connectivity index (χ1) is 6.38. The third-order valence-corrected chi connectivity index (χ3v) is 2.13. The zero-order valence-corrected chi connectivity index (χ0v) is 8.97. The quantitative estimate of drug-likeness (QED) is 0.710. The van der Waals surface area contributed by atoms with Gasteiger partial charge in [-0.1, -0.05) is 0 Å². The van der Waals surface area contributed by atoms with E-state index >= 15 is 0 Å². The van der Waals surface area contributed by atoms with Crippen LogP contribution in [-0.4, -0.2) is 23.9 Å². The first-order valence-electron chi connectivity index (χ1n) is 5.02. The molecular weight excluding hydrogens is 185 g/mol. The van der Waals surface area contributed by atoms with E-state index in [0.717, 1.165) is 6.42 Å². The molecule has 14 heavy (non-hydrogen) atoms. The van der Waals surface area contributed by atoms with Crippen LogP contribution in [0.4, 0.5) is 9.18 Å². The fraction of sp³-hybridized carbons (Fsp3) is 0.900. The van der Waals surface area contributed by atoms with Crippen LogP contribution in [0.5, 0.6) is 0 Å².